The van der Waals surface area contributed by atoms with Crippen molar-refractivity contribution in [2.24, 2.45) is 0 Å². The number of carbonyl (C=O) groups excluding carboxylic acids is 2. The summed E-state index contributed by atoms with van der Waals surface area (Å²) in [6, 6.07) is 3.78. The first kappa shape index (κ1) is 20.8. The fourth-order valence-corrected chi connectivity index (χ4v) is 4.52. The summed E-state index contributed by atoms with van der Waals surface area (Å²) in [5.74, 6) is 1.18. The number of thioether (sulfide) groups is 1. The number of pyridine rings is 1. The van der Waals surface area contributed by atoms with E-state index in [0.29, 0.717) is 50.2 Å². The molecule has 2 amide bonds. The van der Waals surface area contributed by atoms with Crippen molar-refractivity contribution < 1.29 is 14.3 Å². The smallest absolute Gasteiger partial charge is 0.233 e. The highest BCUT2D eigenvalue weighted by Gasteiger charge is 2.23. The zero-order chi connectivity index (χ0) is 20.8. The topological polar surface area (TPSA) is 93.5 Å². The lowest BCUT2D eigenvalue weighted by molar-refractivity contribution is -0.132. The SMILES string of the molecule is O=C(CSc1nnc(CN2CCCCCC2=O)n1-c1cccnc1)N1CCOCC1. The molecule has 2 aromatic heterocycles. The Morgan fingerprint density at radius 1 is 1.13 bits per heavy atom. The van der Waals surface area contributed by atoms with E-state index in [0.717, 1.165) is 31.5 Å². The highest BCUT2D eigenvalue weighted by Crippen LogP contribution is 2.24. The van der Waals surface area contributed by atoms with Crippen LogP contribution in [0.15, 0.2) is 29.7 Å². The molecule has 0 bridgehead atoms. The van der Waals surface area contributed by atoms with Gasteiger partial charge in [-0.2, -0.15) is 0 Å². The van der Waals surface area contributed by atoms with Gasteiger partial charge in [0.05, 0.1) is 37.4 Å². The number of amides is 2. The van der Waals surface area contributed by atoms with E-state index in [1.54, 1.807) is 12.4 Å². The van der Waals surface area contributed by atoms with Crippen molar-refractivity contribution in [2.45, 2.75) is 37.4 Å². The van der Waals surface area contributed by atoms with E-state index in [1.165, 1.54) is 11.8 Å². The number of aromatic nitrogens is 4. The summed E-state index contributed by atoms with van der Waals surface area (Å²) >= 11 is 1.36. The van der Waals surface area contributed by atoms with E-state index in [1.807, 2.05) is 26.5 Å². The van der Waals surface area contributed by atoms with Crippen LogP contribution in [-0.4, -0.2) is 80.0 Å². The Morgan fingerprint density at radius 3 is 2.80 bits per heavy atom. The lowest BCUT2D eigenvalue weighted by Gasteiger charge is -2.26. The zero-order valence-electron chi connectivity index (χ0n) is 16.9. The van der Waals surface area contributed by atoms with Gasteiger partial charge in [-0.05, 0) is 25.0 Å². The Balaban J connectivity index is 1.53. The van der Waals surface area contributed by atoms with Crippen LogP contribution in [0.25, 0.3) is 5.69 Å². The van der Waals surface area contributed by atoms with E-state index >= 15 is 0 Å². The number of rotatable bonds is 6. The van der Waals surface area contributed by atoms with Gasteiger partial charge in [-0.1, -0.05) is 18.2 Å². The fraction of sp³-hybridized carbons (Fsp3) is 0.550. The van der Waals surface area contributed by atoms with Gasteiger partial charge in [0.2, 0.25) is 11.8 Å². The normalized spacial score (nSPS) is 17.8. The second-order valence-corrected chi connectivity index (χ2v) is 8.30. The van der Waals surface area contributed by atoms with Crippen LogP contribution in [0.5, 0.6) is 0 Å². The maximum atomic E-state index is 12.6. The molecule has 0 saturated carbocycles. The molecule has 2 aromatic rings. The summed E-state index contributed by atoms with van der Waals surface area (Å²) in [4.78, 5) is 32.9. The largest absolute Gasteiger partial charge is 0.378 e. The van der Waals surface area contributed by atoms with Crippen LogP contribution in [0.3, 0.4) is 0 Å². The Morgan fingerprint density at radius 2 is 2.00 bits per heavy atom. The minimum atomic E-state index is 0.0632. The number of likely N-dealkylation sites (tertiary alicyclic amines) is 1. The van der Waals surface area contributed by atoms with Crippen LogP contribution in [0.2, 0.25) is 0 Å². The molecule has 30 heavy (non-hydrogen) atoms. The third-order valence-electron chi connectivity index (χ3n) is 5.30. The minimum Gasteiger partial charge on any atom is -0.378 e. The standard InChI is InChI=1S/C20H26N6O3S/c27-18-6-2-1-3-8-25(18)14-17-22-23-20(26(17)16-5-4-7-21-13-16)30-15-19(28)24-9-11-29-12-10-24/h4-5,7,13H,1-3,6,8-12,14-15H2. The fourth-order valence-electron chi connectivity index (χ4n) is 3.65. The first-order valence-corrected chi connectivity index (χ1v) is 11.3. The molecule has 0 unspecified atom stereocenters. The molecule has 4 rings (SSSR count). The molecule has 0 radical (unpaired) electrons. The van der Waals surface area contributed by atoms with E-state index in [-0.39, 0.29) is 17.6 Å². The zero-order valence-corrected chi connectivity index (χ0v) is 17.7. The number of nitrogens with zero attached hydrogens (tertiary/aromatic N) is 6. The molecule has 2 saturated heterocycles. The molecule has 2 aliphatic rings. The second kappa shape index (κ2) is 10.0. The van der Waals surface area contributed by atoms with Crippen molar-refractivity contribution in [2.75, 3.05) is 38.6 Å². The van der Waals surface area contributed by atoms with Crippen LogP contribution in [-0.2, 0) is 20.9 Å². The predicted octanol–water partition coefficient (Wildman–Crippen LogP) is 1.52. The molecule has 10 heteroatoms. The average molecular weight is 431 g/mol. The molecule has 0 aliphatic carbocycles. The minimum absolute atomic E-state index is 0.0632. The molecule has 2 fully saturated rings. The van der Waals surface area contributed by atoms with Crippen LogP contribution < -0.4 is 0 Å². The Labute approximate surface area is 179 Å². The van der Waals surface area contributed by atoms with Crippen LogP contribution in [0.1, 0.15) is 31.5 Å². The molecule has 0 N–H and O–H groups in total. The second-order valence-electron chi connectivity index (χ2n) is 7.35. The van der Waals surface area contributed by atoms with Crippen molar-refractivity contribution in [1.29, 1.82) is 0 Å². The highest BCUT2D eigenvalue weighted by molar-refractivity contribution is 7.99. The van der Waals surface area contributed by atoms with E-state index in [2.05, 4.69) is 15.2 Å². The van der Waals surface area contributed by atoms with Gasteiger partial charge in [0, 0.05) is 32.3 Å². The van der Waals surface area contributed by atoms with Crippen LogP contribution >= 0.6 is 11.8 Å². The Bertz CT molecular complexity index is 869. The number of hydrogen-bond acceptors (Lipinski definition) is 7. The maximum absolute atomic E-state index is 12.6. The quantitative estimate of drug-likeness (QED) is 0.642. The average Bonchev–Trinajstić information content (AvgIpc) is 3.08. The van der Waals surface area contributed by atoms with Gasteiger partial charge in [-0.3, -0.25) is 19.1 Å². The number of morpholine rings is 1. The van der Waals surface area contributed by atoms with Crippen molar-refractivity contribution >= 4 is 23.6 Å². The van der Waals surface area contributed by atoms with Gasteiger partial charge in [0.25, 0.3) is 0 Å². The molecule has 0 atom stereocenters. The lowest BCUT2D eigenvalue weighted by atomic mass is 10.2. The molecule has 0 spiro atoms. The van der Waals surface area contributed by atoms with E-state index < -0.39 is 0 Å². The van der Waals surface area contributed by atoms with Crippen molar-refractivity contribution in [1.82, 2.24) is 29.5 Å². The first-order chi connectivity index (χ1) is 14.7. The summed E-state index contributed by atoms with van der Waals surface area (Å²) in [6.45, 7) is 3.54. The summed E-state index contributed by atoms with van der Waals surface area (Å²) in [7, 11) is 0. The molecule has 2 aliphatic heterocycles. The monoisotopic (exact) mass is 430 g/mol. The third kappa shape index (κ3) is 4.99. The van der Waals surface area contributed by atoms with Gasteiger partial charge in [-0.25, -0.2) is 0 Å². The summed E-state index contributed by atoms with van der Waals surface area (Å²) < 4.78 is 7.22. The Hall–Kier alpha value is -2.46. The summed E-state index contributed by atoms with van der Waals surface area (Å²) in [6.07, 6.45) is 7.04. The van der Waals surface area contributed by atoms with Gasteiger partial charge in [-0.15, -0.1) is 10.2 Å². The van der Waals surface area contributed by atoms with Gasteiger partial charge in [0.1, 0.15) is 0 Å². The van der Waals surface area contributed by atoms with Crippen LogP contribution in [0.4, 0.5) is 0 Å². The number of ether oxygens (including phenoxy) is 1. The van der Waals surface area contributed by atoms with Crippen molar-refractivity contribution in [3.8, 4) is 5.69 Å². The molecular formula is C20H26N6O3S. The maximum Gasteiger partial charge on any atom is 0.233 e. The first-order valence-electron chi connectivity index (χ1n) is 10.3. The molecular weight excluding hydrogens is 404 g/mol. The summed E-state index contributed by atoms with van der Waals surface area (Å²) in [5.41, 5.74) is 0.820. The van der Waals surface area contributed by atoms with Crippen molar-refractivity contribution in [3.63, 3.8) is 0 Å². The molecule has 4 heterocycles. The van der Waals surface area contributed by atoms with Gasteiger partial charge >= 0.3 is 0 Å². The number of hydrogen-bond donors (Lipinski definition) is 0. The van der Waals surface area contributed by atoms with E-state index in [4.69, 9.17) is 4.74 Å². The molecule has 160 valence electrons. The highest BCUT2D eigenvalue weighted by atomic mass is 32.2. The van der Waals surface area contributed by atoms with Gasteiger partial charge < -0.3 is 14.5 Å². The lowest BCUT2D eigenvalue weighted by Crippen LogP contribution is -2.41. The number of carbonyl (C=O) groups is 2. The molecule has 0 aromatic carbocycles. The van der Waals surface area contributed by atoms with Crippen LogP contribution in [0, 0.1) is 0 Å². The van der Waals surface area contributed by atoms with E-state index in [9.17, 15) is 9.59 Å². The predicted molar refractivity (Wildman–Crippen MR) is 111 cm³/mol. The van der Waals surface area contributed by atoms with Crippen molar-refractivity contribution in [3.05, 3.63) is 30.4 Å². The Kier molecular flexibility index (Phi) is 6.96. The third-order valence-corrected chi connectivity index (χ3v) is 6.21. The summed E-state index contributed by atoms with van der Waals surface area (Å²) in [5, 5.41) is 9.33. The molecule has 9 nitrogen and oxygen atoms in total. The van der Waals surface area contributed by atoms with Gasteiger partial charge in [0.15, 0.2) is 11.0 Å².